The molecule has 1 rings (SSSR count). The van der Waals surface area contributed by atoms with Crippen LogP contribution in [0.25, 0.3) is 0 Å². The third kappa shape index (κ3) is 5.03. The molecule has 1 heterocycles. The van der Waals surface area contributed by atoms with E-state index in [9.17, 15) is 0 Å². The van der Waals surface area contributed by atoms with Crippen molar-refractivity contribution in [1.29, 1.82) is 0 Å². The van der Waals surface area contributed by atoms with E-state index in [1.807, 2.05) is 32.0 Å². The molecule has 2 N–H and O–H groups in total. The number of aryl methyl sites for hydroxylation is 1. The number of nitrogens with one attached hydrogen (secondary N) is 2. The summed E-state index contributed by atoms with van der Waals surface area (Å²) in [5.74, 6) is 3.23. The summed E-state index contributed by atoms with van der Waals surface area (Å²) in [5, 5.41) is 6.15. The van der Waals surface area contributed by atoms with Crippen molar-refractivity contribution in [2.75, 3.05) is 13.1 Å². The van der Waals surface area contributed by atoms with Crippen molar-refractivity contribution < 1.29 is 0 Å². The largest absolute Gasteiger partial charge is 0.357 e. The van der Waals surface area contributed by atoms with Crippen molar-refractivity contribution in [3.05, 3.63) is 29.6 Å². The first-order valence-electron chi connectivity index (χ1n) is 5.64. The van der Waals surface area contributed by atoms with Crippen LogP contribution in [0.2, 0.25) is 0 Å². The highest BCUT2D eigenvalue weighted by molar-refractivity contribution is 5.79. The number of rotatable bonds is 4. The molecule has 17 heavy (non-hydrogen) atoms. The number of aromatic nitrogens is 1. The lowest BCUT2D eigenvalue weighted by molar-refractivity contribution is 0.855. The number of aliphatic imine (C=N–C) groups is 1. The monoisotopic (exact) mass is 230 g/mol. The predicted molar refractivity (Wildman–Crippen MR) is 70.6 cm³/mol. The Bertz CT molecular complexity index is 418. The maximum Gasteiger partial charge on any atom is 0.192 e. The molecule has 0 aliphatic rings. The molecule has 0 amide bonds. The lowest BCUT2D eigenvalue weighted by Gasteiger charge is -2.08. The highest BCUT2D eigenvalue weighted by Gasteiger charge is 1.97. The average Bonchev–Trinajstić information content (AvgIpc) is 2.33. The molecule has 0 fully saturated rings. The fourth-order valence-electron chi connectivity index (χ4n) is 1.32. The molecule has 0 aliphatic heterocycles. The summed E-state index contributed by atoms with van der Waals surface area (Å²) in [6.45, 7) is 5.79. The highest BCUT2D eigenvalue weighted by Crippen LogP contribution is 1.99. The lowest BCUT2D eigenvalue weighted by atomic mass is 10.3. The first-order chi connectivity index (χ1) is 8.26. The molecule has 0 aliphatic carbocycles. The summed E-state index contributed by atoms with van der Waals surface area (Å²) in [6, 6.07) is 5.91. The van der Waals surface area contributed by atoms with Gasteiger partial charge in [-0.1, -0.05) is 12.0 Å². The average molecular weight is 230 g/mol. The molecule has 0 unspecified atom stereocenters. The lowest BCUT2D eigenvalue weighted by Crippen LogP contribution is -2.37. The van der Waals surface area contributed by atoms with Gasteiger partial charge in [-0.05, 0) is 26.0 Å². The third-order valence-electron chi connectivity index (χ3n) is 2.05. The van der Waals surface area contributed by atoms with E-state index in [2.05, 4.69) is 26.5 Å². The summed E-state index contributed by atoms with van der Waals surface area (Å²) in [4.78, 5) is 8.78. The molecule has 1 aromatic heterocycles. The third-order valence-corrected chi connectivity index (χ3v) is 2.05. The summed E-state index contributed by atoms with van der Waals surface area (Å²) in [7, 11) is 0. The minimum absolute atomic E-state index is 0.465. The van der Waals surface area contributed by atoms with E-state index in [1.54, 1.807) is 0 Å². The Morgan fingerprint density at radius 1 is 1.47 bits per heavy atom. The van der Waals surface area contributed by atoms with Crippen LogP contribution in [0.4, 0.5) is 0 Å². The number of hydrogen-bond donors (Lipinski definition) is 2. The van der Waals surface area contributed by atoms with E-state index < -0.39 is 0 Å². The van der Waals surface area contributed by atoms with E-state index in [0.29, 0.717) is 19.0 Å². The van der Waals surface area contributed by atoms with Gasteiger partial charge in [-0.2, -0.15) is 0 Å². The molecule has 0 spiro atoms. The van der Waals surface area contributed by atoms with Crippen LogP contribution in [0, 0.1) is 19.3 Å². The maximum absolute atomic E-state index is 5.19. The first-order valence-corrected chi connectivity index (χ1v) is 5.64. The van der Waals surface area contributed by atoms with Crippen LogP contribution in [0.5, 0.6) is 0 Å². The smallest absolute Gasteiger partial charge is 0.192 e. The van der Waals surface area contributed by atoms with Crippen molar-refractivity contribution in [2.24, 2.45) is 4.99 Å². The quantitative estimate of drug-likeness (QED) is 0.462. The Morgan fingerprint density at radius 3 is 2.94 bits per heavy atom. The summed E-state index contributed by atoms with van der Waals surface area (Å²) in [6.07, 6.45) is 5.19. The van der Waals surface area contributed by atoms with Gasteiger partial charge in [0.15, 0.2) is 5.96 Å². The standard InChI is InChI=1S/C13H18N4/c1-4-9-15-13(14-5-2)16-10-12-8-6-7-11(3)17-12/h1,6-8H,5,9-10H2,2-3H3,(H2,14,15,16). The van der Waals surface area contributed by atoms with Gasteiger partial charge >= 0.3 is 0 Å². The first kappa shape index (κ1) is 13.0. The molecule has 0 saturated heterocycles. The van der Waals surface area contributed by atoms with Crippen LogP contribution in [0.3, 0.4) is 0 Å². The molecule has 4 heteroatoms. The van der Waals surface area contributed by atoms with Crippen LogP contribution in [-0.2, 0) is 6.54 Å². The Kier molecular flexibility index (Phi) is 5.59. The summed E-state index contributed by atoms with van der Waals surface area (Å²) < 4.78 is 0. The van der Waals surface area contributed by atoms with Crippen molar-refractivity contribution in [3.8, 4) is 12.3 Å². The van der Waals surface area contributed by atoms with Crippen LogP contribution in [-0.4, -0.2) is 24.0 Å². The molecule has 0 saturated carbocycles. The molecule has 0 atom stereocenters. The minimum atomic E-state index is 0.465. The van der Waals surface area contributed by atoms with Gasteiger partial charge in [0.05, 0.1) is 18.8 Å². The van der Waals surface area contributed by atoms with Gasteiger partial charge < -0.3 is 10.6 Å². The van der Waals surface area contributed by atoms with Gasteiger partial charge in [-0.25, -0.2) is 4.99 Å². The van der Waals surface area contributed by atoms with Gasteiger partial charge in [0, 0.05) is 12.2 Å². The van der Waals surface area contributed by atoms with Crippen LogP contribution in [0.15, 0.2) is 23.2 Å². The van der Waals surface area contributed by atoms with E-state index in [4.69, 9.17) is 6.42 Å². The molecule has 0 bridgehead atoms. The molecule has 4 nitrogen and oxygen atoms in total. The molecular weight excluding hydrogens is 212 g/mol. The molecule has 0 aromatic carbocycles. The minimum Gasteiger partial charge on any atom is -0.357 e. The van der Waals surface area contributed by atoms with Crippen LogP contribution >= 0.6 is 0 Å². The zero-order valence-electron chi connectivity index (χ0n) is 10.3. The Balaban J connectivity index is 2.62. The van der Waals surface area contributed by atoms with Gasteiger partial charge in [-0.3, -0.25) is 4.98 Å². The Morgan fingerprint density at radius 2 is 2.29 bits per heavy atom. The number of guanidine groups is 1. The number of pyridine rings is 1. The topological polar surface area (TPSA) is 49.3 Å². The second-order valence-electron chi connectivity index (χ2n) is 3.52. The predicted octanol–water partition coefficient (Wildman–Crippen LogP) is 1.08. The summed E-state index contributed by atoms with van der Waals surface area (Å²) in [5.41, 5.74) is 1.95. The molecule has 1 aromatic rings. The molecular formula is C13H18N4. The second-order valence-corrected chi connectivity index (χ2v) is 3.52. The van der Waals surface area contributed by atoms with Crippen molar-refractivity contribution >= 4 is 5.96 Å². The van der Waals surface area contributed by atoms with Crippen molar-refractivity contribution in [1.82, 2.24) is 15.6 Å². The maximum atomic E-state index is 5.19. The zero-order chi connectivity index (χ0) is 12.5. The molecule has 90 valence electrons. The van der Waals surface area contributed by atoms with Crippen molar-refractivity contribution in [3.63, 3.8) is 0 Å². The fourth-order valence-corrected chi connectivity index (χ4v) is 1.32. The Labute approximate surface area is 103 Å². The fraction of sp³-hybridized carbons (Fsp3) is 0.385. The van der Waals surface area contributed by atoms with E-state index in [0.717, 1.165) is 17.9 Å². The van der Waals surface area contributed by atoms with Crippen LogP contribution in [0.1, 0.15) is 18.3 Å². The van der Waals surface area contributed by atoms with E-state index in [-0.39, 0.29) is 0 Å². The van der Waals surface area contributed by atoms with Gasteiger partial charge in [0.1, 0.15) is 0 Å². The second kappa shape index (κ2) is 7.29. The SMILES string of the molecule is C#CCNC(=NCc1cccc(C)n1)NCC. The number of terminal acetylenes is 1. The van der Waals surface area contributed by atoms with Gasteiger partial charge in [-0.15, -0.1) is 6.42 Å². The van der Waals surface area contributed by atoms with Gasteiger partial charge in [0.2, 0.25) is 0 Å². The Hall–Kier alpha value is -2.02. The van der Waals surface area contributed by atoms with Crippen molar-refractivity contribution in [2.45, 2.75) is 20.4 Å². The van der Waals surface area contributed by atoms with E-state index >= 15 is 0 Å². The van der Waals surface area contributed by atoms with Crippen LogP contribution < -0.4 is 10.6 Å². The highest BCUT2D eigenvalue weighted by atomic mass is 15.2. The number of hydrogen-bond acceptors (Lipinski definition) is 2. The zero-order valence-corrected chi connectivity index (χ0v) is 10.3. The van der Waals surface area contributed by atoms with Gasteiger partial charge in [0.25, 0.3) is 0 Å². The summed E-state index contributed by atoms with van der Waals surface area (Å²) >= 11 is 0. The van der Waals surface area contributed by atoms with E-state index in [1.165, 1.54) is 0 Å². The number of nitrogens with zero attached hydrogens (tertiary/aromatic N) is 2. The molecule has 0 radical (unpaired) electrons. The normalized spacial score (nSPS) is 10.8.